The first kappa shape index (κ1) is 9.84. The fourth-order valence-electron chi connectivity index (χ4n) is 0.516. The highest BCUT2D eigenvalue weighted by Crippen LogP contribution is 1.76. The lowest BCUT2D eigenvalue weighted by Gasteiger charge is -2.10. The molecule has 1 fully saturated rings. The molecule has 1 aliphatic rings. The first-order valence-corrected chi connectivity index (χ1v) is 3.60. The second-order valence-electron chi connectivity index (χ2n) is 1.94. The van der Waals surface area contributed by atoms with Crippen LogP contribution in [0.4, 0.5) is 0 Å². The van der Waals surface area contributed by atoms with Crippen molar-refractivity contribution in [2.75, 3.05) is 39.4 Å². The van der Waals surface area contributed by atoms with Crippen molar-refractivity contribution in [3.63, 3.8) is 0 Å². The Labute approximate surface area is 61.9 Å². The van der Waals surface area contributed by atoms with Crippen LogP contribution in [0.1, 0.15) is 0 Å². The lowest BCUT2D eigenvalue weighted by atomic mass is 10.5. The van der Waals surface area contributed by atoms with Crippen molar-refractivity contribution in [1.82, 2.24) is 5.32 Å². The van der Waals surface area contributed by atoms with Crippen molar-refractivity contribution < 1.29 is 4.74 Å². The van der Waals surface area contributed by atoms with Crippen LogP contribution in [-0.2, 0) is 4.74 Å². The molecular weight excluding hydrogens is 130 g/mol. The third kappa shape index (κ3) is 7.84. The molecule has 0 aromatic carbocycles. The third-order valence-electron chi connectivity index (χ3n) is 1.01. The number of nitrogens with one attached hydrogen (secondary N) is 1. The summed E-state index contributed by atoms with van der Waals surface area (Å²) in [6.45, 7) is 5.03. The minimum Gasteiger partial charge on any atom is -0.379 e. The first-order valence-electron chi connectivity index (χ1n) is 3.60. The quantitative estimate of drug-likeness (QED) is 0.422. The first-order chi connectivity index (χ1) is 4.91. The molecule has 4 nitrogen and oxygen atoms in total. The minimum absolute atomic E-state index is 0.597. The topological polar surface area (TPSA) is 73.3 Å². The molecule has 10 heavy (non-hydrogen) atoms. The van der Waals surface area contributed by atoms with Crippen LogP contribution in [0, 0.1) is 0 Å². The van der Waals surface area contributed by atoms with Crippen LogP contribution < -0.4 is 16.8 Å². The molecule has 62 valence electrons. The van der Waals surface area contributed by atoms with Gasteiger partial charge < -0.3 is 21.5 Å². The molecule has 1 aliphatic heterocycles. The highest BCUT2D eigenvalue weighted by Gasteiger charge is 1.92. The van der Waals surface area contributed by atoms with Gasteiger partial charge in [-0.2, -0.15) is 0 Å². The molecule has 0 atom stereocenters. The summed E-state index contributed by atoms with van der Waals surface area (Å²) in [4.78, 5) is 0. The number of hydrogen-bond donors (Lipinski definition) is 3. The Hall–Kier alpha value is -0.160. The van der Waals surface area contributed by atoms with Crippen molar-refractivity contribution in [2.24, 2.45) is 11.5 Å². The summed E-state index contributed by atoms with van der Waals surface area (Å²) < 4.78 is 5.01. The van der Waals surface area contributed by atoms with E-state index >= 15 is 0 Å². The standard InChI is InChI=1S/C4H9NO.C2H8N2/c1-3-6-4-2-5-1;3-1-2-4/h5H,1-4H2;1-4H2. The molecule has 5 N–H and O–H groups in total. The number of morpholine rings is 1. The van der Waals surface area contributed by atoms with Crippen LogP contribution in [0.5, 0.6) is 0 Å². The number of ether oxygens (including phenoxy) is 1. The van der Waals surface area contributed by atoms with Crippen LogP contribution in [0.2, 0.25) is 0 Å². The van der Waals surface area contributed by atoms with Crippen LogP contribution in [0.15, 0.2) is 0 Å². The molecule has 0 amide bonds. The zero-order valence-electron chi connectivity index (χ0n) is 6.31. The van der Waals surface area contributed by atoms with Gasteiger partial charge in [-0.15, -0.1) is 0 Å². The average Bonchev–Trinajstić information content (AvgIpc) is 2.08. The number of rotatable bonds is 1. The van der Waals surface area contributed by atoms with Crippen molar-refractivity contribution >= 4 is 0 Å². The Bertz CT molecular complexity index is 43.4. The largest absolute Gasteiger partial charge is 0.379 e. The lowest BCUT2D eigenvalue weighted by Crippen LogP contribution is -2.30. The Kier molecular flexibility index (Phi) is 8.70. The van der Waals surface area contributed by atoms with E-state index in [2.05, 4.69) is 5.32 Å². The summed E-state index contributed by atoms with van der Waals surface area (Å²) in [6.07, 6.45) is 0. The van der Waals surface area contributed by atoms with E-state index in [0.29, 0.717) is 13.1 Å². The van der Waals surface area contributed by atoms with Crippen LogP contribution in [-0.4, -0.2) is 39.4 Å². The summed E-state index contributed by atoms with van der Waals surface area (Å²) in [7, 11) is 0. The minimum atomic E-state index is 0.597. The fourth-order valence-corrected chi connectivity index (χ4v) is 0.516. The Morgan fingerprint density at radius 2 is 1.60 bits per heavy atom. The molecule has 1 saturated heterocycles. The van der Waals surface area contributed by atoms with Gasteiger partial charge in [-0.25, -0.2) is 0 Å². The Morgan fingerprint density at radius 1 is 1.10 bits per heavy atom. The predicted octanol–water partition coefficient (Wildman–Crippen LogP) is -1.49. The molecule has 0 aromatic rings. The molecule has 0 saturated carbocycles. The molecule has 0 unspecified atom stereocenters. The van der Waals surface area contributed by atoms with Crippen LogP contribution >= 0.6 is 0 Å². The van der Waals surface area contributed by atoms with Crippen molar-refractivity contribution in [1.29, 1.82) is 0 Å². The van der Waals surface area contributed by atoms with Gasteiger partial charge in [0, 0.05) is 26.2 Å². The lowest BCUT2D eigenvalue weighted by molar-refractivity contribution is 0.109. The maximum absolute atomic E-state index is 5.01. The van der Waals surface area contributed by atoms with Gasteiger partial charge in [-0.1, -0.05) is 0 Å². The number of hydrogen-bond acceptors (Lipinski definition) is 4. The van der Waals surface area contributed by atoms with Gasteiger partial charge in [0.2, 0.25) is 0 Å². The smallest absolute Gasteiger partial charge is 0.0591 e. The van der Waals surface area contributed by atoms with Gasteiger partial charge >= 0.3 is 0 Å². The van der Waals surface area contributed by atoms with Crippen LogP contribution in [0.3, 0.4) is 0 Å². The van der Waals surface area contributed by atoms with E-state index in [1.807, 2.05) is 0 Å². The molecule has 1 rings (SSSR count). The second-order valence-corrected chi connectivity index (χ2v) is 1.94. The predicted molar refractivity (Wildman–Crippen MR) is 41.8 cm³/mol. The SMILES string of the molecule is C1COCCN1.NCCN. The summed E-state index contributed by atoms with van der Waals surface area (Å²) in [5, 5.41) is 3.16. The summed E-state index contributed by atoms with van der Waals surface area (Å²) >= 11 is 0. The molecule has 0 aliphatic carbocycles. The van der Waals surface area contributed by atoms with Crippen molar-refractivity contribution in [2.45, 2.75) is 0 Å². The molecule has 4 heteroatoms. The molecule has 0 radical (unpaired) electrons. The second kappa shape index (κ2) is 8.84. The van der Waals surface area contributed by atoms with Gasteiger partial charge in [-0.3, -0.25) is 0 Å². The summed E-state index contributed by atoms with van der Waals surface area (Å²) in [5.74, 6) is 0. The maximum Gasteiger partial charge on any atom is 0.0591 e. The zero-order chi connectivity index (χ0) is 7.66. The van der Waals surface area contributed by atoms with E-state index in [4.69, 9.17) is 16.2 Å². The van der Waals surface area contributed by atoms with E-state index in [0.717, 1.165) is 26.3 Å². The molecule has 0 bridgehead atoms. The maximum atomic E-state index is 5.01. The summed E-state index contributed by atoms with van der Waals surface area (Å²) in [5.41, 5.74) is 9.81. The average molecular weight is 147 g/mol. The van der Waals surface area contributed by atoms with E-state index < -0.39 is 0 Å². The number of nitrogens with two attached hydrogens (primary N) is 2. The monoisotopic (exact) mass is 147 g/mol. The van der Waals surface area contributed by atoms with Gasteiger partial charge in [-0.05, 0) is 0 Å². The summed E-state index contributed by atoms with van der Waals surface area (Å²) in [6, 6.07) is 0. The normalized spacial score (nSPS) is 17.4. The third-order valence-corrected chi connectivity index (χ3v) is 1.01. The van der Waals surface area contributed by atoms with Gasteiger partial charge in [0.05, 0.1) is 13.2 Å². The van der Waals surface area contributed by atoms with E-state index in [1.165, 1.54) is 0 Å². The molecule has 0 spiro atoms. The Balaban J connectivity index is 0.000000180. The van der Waals surface area contributed by atoms with Crippen LogP contribution in [0.25, 0.3) is 0 Å². The van der Waals surface area contributed by atoms with Gasteiger partial charge in [0.1, 0.15) is 0 Å². The van der Waals surface area contributed by atoms with E-state index in [-0.39, 0.29) is 0 Å². The van der Waals surface area contributed by atoms with Gasteiger partial charge in [0.15, 0.2) is 0 Å². The molecule has 1 heterocycles. The highest BCUT2D eigenvalue weighted by atomic mass is 16.5. The zero-order valence-corrected chi connectivity index (χ0v) is 6.31. The van der Waals surface area contributed by atoms with E-state index in [1.54, 1.807) is 0 Å². The molecular formula is C6H17N3O. The van der Waals surface area contributed by atoms with E-state index in [9.17, 15) is 0 Å². The highest BCUT2D eigenvalue weighted by molar-refractivity contribution is 4.49. The molecule has 0 aromatic heterocycles. The van der Waals surface area contributed by atoms with Crippen molar-refractivity contribution in [3.05, 3.63) is 0 Å². The Morgan fingerprint density at radius 3 is 1.70 bits per heavy atom. The van der Waals surface area contributed by atoms with Gasteiger partial charge in [0.25, 0.3) is 0 Å². The fraction of sp³-hybridized carbons (Fsp3) is 1.00. The van der Waals surface area contributed by atoms with Crippen molar-refractivity contribution in [3.8, 4) is 0 Å².